The molecule has 82 valence electrons. The van der Waals surface area contributed by atoms with Crippen LogP contribution < -0.4 is 5.32 Å². The van der Waals surface area contributed by atoms with E-state index in [0.717, 1.165) is 6.54 Å². The Labute approximate surface area is 89.5 Å². The monoisotopic (exact) mass is 208 g/mol. The average molecular weight is 208 g/mol. The maximum atomic E-state index is 11.6. The van der Waals surface area contributed by atoms with Gasteiger partial charge >= 0.3 is 0 Å². The van der Waals surface area contributed by atoms with Crippen LogP contribution >= 0.6 is 0 Å². The third kappa shape index (κ3) is 2.90. The first-order chi connectivity index (χ1) is 7.19. The summed E-state index contributed by atoms with van der Waals surface area (Å²) in [7, 11) is 1.74. The third-order valence-electron chi connectivity index (χ3n) is 2.06. The van der Waals surface area contributed by atoms with Crippen molar-refractivity contribution in [2.75, 3.05) is 25.5 Å². The van der Waals surface area contributed by atoms with Crippen molar-refractivity contribution in [3.8, 4) is 0 Å². The van der Waals surface area contributed by atoms with E-state index >= 15 is 0 Å². The number of amides is 1. The van der Waals surface area contributed by atoms with Gasteiger partial charge in [0.25, 0.3) is 5.91 Å². The van der Waals surface area contributed by atoms with Crippen molar-refractivity contribution in [3.05, 3.63) is 17.8 Å². The van der Waals surface area contributed by atoms with E-state index in [-0.39, 0.29) is 5.91 Å². The summed E-state index contributed by atoms with van der Waals surface area (Å²) >= 11 is 0. The van der Waals surface area contributed by atoms with Crippen LogP contribution in [-0.4, -0.2) is 41.1 Å². The molecule has 1 N–H and O–H groups in total. The Bertz CT molecular complexity index is 323. The molecule has 0 spiro atoms. The number of nitrogens with zero attached hydrogens (tertiary/aromatic N) is 3. The predicted molar refractivity (Wildman–Crippen MR) is 58.8 cm³/mol. The molecule has 1 heterocycles. The number of rotatable bonds is 4. The van der Waals surface area contributed by atoms with Crippen molar-refractivity contribution in [2.24, 2.45) is 0 Å². The Morgan fingerprint density at radius 3 is 2.60 bits per heavy atom. The van der Waals surface area contributed by atoms with Gasteiger partial charge in [0.05, 0.1) is 0 Å². The van der Waals surface area contributed by atoms with Crippen LogP contribution in [0.2, 0.25) is 0 Å². The van der Waals surface area contributed by atoms with E-state index in [0.29, 0.717) is 18.1 Å². The lowest BCUT2D eigenvalue weighted by Gasteiger charge is -2.13. The summed E-state index contributed by atoms with van der Waals surface area (Å²) in [6, 6.07) is 3.44. The zero-order chi connectivity index (χ0) is 11.3. The van der Waals surface area contributed by atoms with Crippen molar-refractivity contribution >= 4 is 11.7 Å². The van der Waals surface area contributed by atoms with E-state index in [1.807, 2.05) is 13.8 Å². The molecule has 0 radical (unpaired) electrons. The van der Waals surface area contributed by atoms with Gasteiger partial charge in [0, 0.05) is 20.1 Å². The minimum absolute atomic E-state index is 0.104. The minimum atomic E-state index is -0.104. The van der Waals surface area contributed by atoms with Crippen molar-refractivity contribution in [2.45, 2.75) is 13.8 Å². The Kier molecular flexibility index (Phi) is 4.03. The van der Waals surface area contributed by atoms with E-state index < -0.39 is 0 Å². The van der Waals surface area contributed by atoms with Gasteiger partial charge in [0.15, 0.2) is 5.69 Å². The number of hydrogen-bond acceptors (Lipinski definition) is 4. The second-order valence-electron chi connectivity index (χ2n) is 3.15. The van der Waals surface area contributed by atoms with Gasteiger partial charge in [-0.3, -0.25) is 4.79 Å². The highest BCUT2D eigenvalue weighted by atomic mass is 16.2. The molecule has 0 aliphatic rings. The second kappa shape index (κ2) is 5.29. The van der Waals surface area contributed by atoms with Gasteiger partial charge in [0.1, 0.15) is 5.82 Å². The highest BCUT2D eigenvalue weighted by Gasteiger charge is 2.11. The first-order valence-corrected chi connectivity index (χ1v) is 5.02. The van der Waals surface area contributed by atoms with Crippen LogP contribution in [0.3, 0.4) is 0 Å². The van der Waals surface area contributed by atoms with Gasteiger partial charge in [-0.25, -0.2) is 0 Å². The molecule has 0 unspecified atom stereocenters. The van der Waals surface area contributed by atoms with Crippen molar-refractivity contribution < 1.29 is 4.79 Å². The molecule has 0 saturated heterocycles. The molecule has 0 aromatic carbocycles. The first kappa shape index (κ1) is 11.4. The molecule has 0 fully saturated rings. The van der Waals surface area contributed by atoms with Crippen LogP contribution in [0, 0.1) is 0 Å². The fourth-order valence-electron chi connectivity index (χ4n) is 1.06. The molecule has 0 saturated carbocycles. The molecule has 15 heavy (non-hydrogen) atoms. The molecule has 1 rings (SSSR count). The van der Waals surface area contributed by atoms with E-state index in [1.54, 1.807) is 24.1 Å². The minimum Gasteiger partial charge on any atom is -0.369 e. The van der Waals surface area contributed by atoms with Crippen LogP contribution in [0.4, 0.5) is 5.82 Å². The summed E-state index contributed by atoms with van der Waals surface area (Å²) in [5.74, 6) is 0.584. The number of hydrogen-bond donors (Lipinski definition) is 1. The Morgan fingerprint density at radius 1 is 1.40 bits per heavy atom. The fraction of sp³-hybridized carbons (Fsp3) is 0.500. The quantitative estimate of drug-likeness (QED) is 0.802. The van der Waals surface area contributed by atoms with E-state index in [4.69, 9.17) is 0 Å². The Morgan fingerprint density at radius 2 is 2.13 bits per heavy atom. The highest BCUT2D eigenvalue weighted by Crippen LogP contribution is 2.03. The van der Waals surface area contributed by atoms with Crippen molar-refractivity contribution in [1.82, 2.24) is 15.1 Å². The SMILES string of the molecule is CCNc1ccc(C(=O)N(C)CC)nn1. The van der Waals surface area contributed by atoms with Gasteiger partial charge in [-0.05, 0) is 26.0 Å². The van der Waals surface area contributed by atoms with Gasteiger partial charge in [-0.15, -0.1) is 10.2 Å². The second-order valence-corrected chi connectivity index (χ2v) is 3.15. The van der Waals surface area contributed by atoms with Crippen LogP contribution in [0.15, 0.2) is 12.1 Å². The molecule has 0 bridgehead atoms. The molecule has 0 atom stereocenters. The van der Waals surface area contributed by atoms with E-state index in [2.05, 4.69) is 15.5 Å². The largest absolute Gasteiger partial charge is 0.369 e. The zero-order valence-corrected chi connectivity index (χ0v) is 9.32. The summed E-state index contributed by atoms with van der Waals surface area (Å²) in [6.45, 7) is 5.34. The molecule has 5 nitrogen and oxygen atoms in total. The molecular weight excluding hydrogens is 192 g/mol. The van der Waals surface area contributed by atoms with Crippen LogP contribution in [0.5, 0.6) is 0 Å². The van der Waals surface area contributed by atoms with Crippen LogP contribution in [-0.2, 0) is 0 Å². The highest BCUT2D eigenvalue weighted by molar-refractivity contribution is 5.92. The lowest BCUT2D eigenvalue weighted by atomic mass is 10.3. The topological polar surface area (TPSA) is 58.1 Å². The molecule has 1 amide bonds. The smallest absolute Gasteiger partial charge is 0.274 e. The lowest BCUT2D eigenvalue weighted by Crippen LogP contribution is -2.27. The van der Waals surface area contributed by atoms with Gasteiger partial charge < -0.3 is 10.2 Å². The number of carbonyl (C=O) groups is 1. The molecule has 5 heteroatoms. The van der Waals surface area contributed by atoms with Crippen LogP contribution in [0.25, 0.3) is 0 Å². The average Bonchev–Trinajstić information content (AvgIpc) is 2.28. The maximum absolute atomic E-state index is 11.6. The number of anilines is 1. The number of nitrogens with one attached hydrogen (secondary N) is 1. The third-order valence-corrected chi connectivity index (χ3v) is 2.06. The molecule has 0 aliphatic carbocycles. The number of aromatic nitrogens is 2. The molecule has 1 aromatic rings. The van der Waals surface area contributed by atoms with Gasteiger partial charge in [-0.1, -0.05) is 0 Å². The summed E-state index contributed by atoms with van der Waals surface area (Å²) < 4.78 is 0. The molecule has 1 aromatic heterocycles. The lowest BCUT2D eigenvalue weighted by molar-refractivity contribution is 0.0795. The summed E-state index contributed by atoms with van der Waals surface area (Å²) in [6.07, 6.45) is 0. The van der Waals surface area contributed by atoms with E-state index in [9.17, 15) is 4.79 Å². The predicted octanol–water partition coefficient (Wildman–Crippen LogP) is 1.00. The van der Waals surface area contributed by atoms with Crippen molar-refractivity contribution in [1.29, 1.82) is 0 Å². The Balaban J connectivity index is 2.75. The zero-order valence-electron chi connectivity index (χ0n) is 9.32. The summed E-state index contributed by atoms with van der Waals surface area (Å²) in [4.78, 5) is 13.2. The number of carbonyl (C=O) groups excluding carboxylic acids is 1. The summed E-state index contributed by atoms with van der Waals surface area (Å²) in [5.41, 5.74) is 0.376. The fourth-order valence-corrected chi connectivity index (χ4v) is 1.06. The summed E-state index contributed by atoms with van der Waals surface area (Å²) in [5, 5.41) is 10.8. The molecule has 0 aliphatic heterocycles. The molecular formula is C10H16N4O. The maximum Gasteiger partial charge on any atom is 0.274 e. The van der Waals surface area contributed by atoms with E-state index in [1.165, 1.54) is 0 Å². The van der Waals surface area contributed by atoms with Gasteiger partial charge in [-0.2, -0.15) is 0 Å². The Hall–Kier alpha value is -1.65. The van der Waals surface area contributed by atoms with Crippen molar-refractivity contribution in [3.63, 3.8) is 0 Å². The normalized spacial score (nSPS) is 9.80. The first-order valence-electron chi connectivity index (χ1n) is 5.02. The van der Waals surface area contributed by atoms with Gasteiger partial charge in [0.2, 0.25) is 0 Å². The van der Waals surface area contributed by atoms with Crippen LogP contribution in [0.1, 0.15) is 24.3 Å². The standard InChI is InChI=1S/C10H16N4O/c1-4-11-9-7-6-8(12-13-9)10(15)14(3)5-2/h6-7H,4-5H2,1-3H3,(H,11,13).